The molecule has 1 fully saturated rings. The van der Waals surface area contributed by atoms with Gasteiger partial charge in [0.25, 0.3) is 5.91 Å². The first-order valence-electron chi connectivity index (χ1n) is 11.0. The topological polar surface area (TPSA) is 58.6 Å². The molecule has 0 aromatic heterocycles. The van der Waals surface area contributed by atoms with Crippen LogP contribution in [-0.2, 0) is 11.2 Å². The largest absolute Gasteiger partial charge is 0.497 e. The lowest BCUT2D eigenvalue weighted by Gasteiger charge is -2.24. The van der Waals surface area contributed by atoms with Crippen molar-refractivity contribution >= 4 is 23.6 Å². The predicted molar refractivity (Wildman–Crippen MR) is 132 cm³/mol. The number of hydrogen-bond acceptors (Lipinski definition) is 4. The molecule has 0 aliphatic carbocycles. The molecular weight excluding hydrogens is 432 g/mol. The van der Waals surface area contributed by atoms with E-state index in [4.69, 9.17) is 4.74 Å². The zero-order valence-corrected chi connectivity index (χ0v) is 19.7. The van der Waals surface area contributed by atoms with E-state index in [2.05, 4.69) is 17.4 Å². The van der Waals surface area contributed by atoms with Crippen molar-refractivity contribution < 1.29 is 14.3 Å². The molecule has 33 heavy (non-hydrogen) atoms. The highest BCUT2D eigenvalue weighted by Crippen LogP contribution is 2.38. The Morgan fingerprint density at radius 1 is 1.06 bits per heavy atom. The summed E-state index contributed by atoms with van der Waals surface area (Å²) in [5.74, 6) is 1.31. The average molecular weight is 461 g/mol. The third-order valence-electron chi connectivity index (χ3n) is 5.87. The smallest absolute Gasteiger partial charge is 0.251 e. The fourth-order valence-corrected chi connectivity index (χ4v) is 5.14. The van der Waals surface area contributed by atoms with Crippen LogP contribution in [0, 0.1) is 0 Å². The molecule has 1 N–H and O–H groups in total. The van der Waals surface area contributed by atoms with E-state index in [0.717, 1.165) is 23.3 Å². The summed E-state index contributed by atoms with van der Waals surface area (Å²) in [6.45, 7) is 2.64. The molecule has 1 heterocycles. The van der Waals surface area contributed by atoms with E-state index in [1.54, 1.807) is 18.9 Å². The maximum absolute atomic E-state index is 12.8. The lowest BCUT2D eigenvalue weighted by molar-refractivity contribution is -0.128. The average Bonchev–Trinajstić information content (AvgIpc) is 3.23. The number of nitrogens with zero attached hydrogens (tertiary/aromatic N) is 1. The van der Waals surface area contributed by atoms with Crippen LogP contribution < -0.4 is 10.1 Å². The molecule has 2 unspecified atom stereocenters. The van der Waals surface area contributed by atoms with Crippen molar-refractivity contribution in [2.45, 2.75) is 24.8 Å². The van der Waals surface area contributed by atoms with Crippen LogP contribution in [0.15, 0.2) is 78.9 Å². The summed E-state index contributed by atoms with van der Waals surface area (Å²) in [7, 11) is 1.63. The molecule has 6 heteroatoms. The molecule has 0 saturated carbocycles. The van der Waals surface area contributed by atoms with Gasteiger partial charge in [-0.3, -0.25) is 9.59 Å². The zero-order chi connectivity index (χ0) is 23.2. The van der Waals surface area contributed by atoms with Crippen molar-refractivity contribution in [2.24, 2.45) is 0 Å². The number of carbonyl (C=O) groups is 2. The first kappa shape index (κ1) is 22.9. The minimum absolute atomic E-state index is 0.0171. The first-order valence-corrected chi connectivity index (χ1v) is 12.1. The van der Waals surface area contributed by atoms with Gasteiger partial charge in [0.05, 0.1) is 18.9 Å². The molecule has 1 aliphatic rings. The number of nitrogens with one attached hydrogen (secondary N) is 1. The molecule has 0 radical (unpaired) electrons. The fraction of sp³-hybridized carbons (Fsp3) is 0.259. The zero-order valence-electron chi connectivity index (χ0n) is 18.9. The molecule has 0 spiro atoms. The number of carbonyl (C=O) groups excluding carboxylic acids is 2. The Balaban J connectivity index is 1.39. The van der Waals surface area contributed by atoms with Crippen LogP contribution in [0.3, 0.4) is 0 Å². The molecule has 2 amide bonds. The van der Waals surface area contributed by atoms with Crippen LogP contribution in [0.2, 0.25) is 0 Å². The van der Waals surface area contributed by atoms with Gasteiger partial charge >= 0.3 is 0 Å². The lowest BCUT2D eigenvalue weighted by Crippen LogP contribution is -2.30. The Bertz CT molecular complexity index is 1080. The maximum Gasteiger partial charge on any atom is 0.251 e. The molecule has 1 aliphatic heterocycles. The predicted octanol–water partition coefficient (Wildman–Crippen LogP) is 5.00. The van der Waals surface area contributed by atoms with E-state index < -0.39 is 0 Å². The van der Waals surface area contributed by atoms with Gasteiger partial charge in [0.15, 0.2) is 0 Å². The fourth-order valence-electron chi connectivity index (χ4n) is 3.92. The Morgan fingerprint density at radius 2 is 1.76 bits per heavy atom. The van der Waals surface area contributed by atoms with Crippen molar-refractivity contribution in [3.8, 4) is 5.75 Å². The van der Waals surface area contributed by atoms with Crippen molar-refractivity contribution in [3.63, 3.8) is 0 Å². The third-order valence-corrected chi connectivity index (χ3v) is 7.13. The molecule has 4 rings (SSSR count). The first-order chi connectivity index (χ1) is 16.0. The van der Waals surface area contributed by atoms with Gasteiger partial charge in [0.1, 0.15) is 11.1 Å². The number of methoxy groups -OCH3 is 1. The van der Waals surface area contributed by atoms with Crippen molar-refractivity contribution in [1.82, 2.24) is 10.2 Å². The normalized spacial score (nSPS) is 16.5. The summed E-state index contributed by atoms with van der Waals surface area (Å²) in [6, 6.07) is 25.3. The molecule has 0 bridgehead atoms. The van der Waals surface area contributed by atoms with E-state index in [-0.39, 0.29) is 23.2 Å². The molecule has 1 saturated heterocycles. The quantitative estimate of drug-likeness (QED) is 0.514. The summed E-state index contributed by atoms with van der Waals surface area (Å²) in [6.07, 6.45) is 0.827. The Kier molecular flexibility index (Phi) is 7.35. The van der Waals surface area contributed by atoms with E-state index in [0.29, 0.717) is 17.9 Å². The van der Waals surface area contributed by atoms with Crippen LogP contribution in [0.4, 0.5) is 0 Å². The number of benzene rings is 3. The third kappa shape index (κ3) is 5.57. The molecular formula is C27H28N2O3S. The molecule has 3 aromatic rings. The Hall–Kier alpha value is -3.25. The SMILES string of the molecule is COc1ccc(C(C)NC(=O)c2ccc(C3SCC(=O)N3CCc3ccccc3)cc2)cc1. The van der Waals surface area contributed by atoms with Gasteiger partial charge < -0.3 is 15.0 Å². The van der Waals surface area contributed by atoms with Crippen LogP contribution in [0.25, 0.3) is 0 Å². The number of rotatable bonds is 8. The number of amides is 2. The second kappa shape index (κ2) is 10.6. The van der Waals surface area contributed by atoms with E-state index in [9.17, 15) is 9.59 Å². The molecule has 3 aromatic carbocycles. The minimum atomic E-state index is -0.125. The summed E-state index contributed by atoms with van der Waals surface area (Å²) in [4.78, 5) is 27.2. The van der Waals surface area contributed by atoms with Gasteiger partial charge in [-0.25, -0.2) is 0 Å². The number of hydrogen-bond donors (Lipinski definition) is 1. The highest BCUT2D eigenvalue weighted by molar-refractivity contribution is 8.00. The van der Waals surface area contributed by atoms with Gasteiger partial charge in [0.2, 0.25) is 5.91 Å². The van der Waals surface area contributed by atoms with Crippen LogP contribution >= 0.6 is 11.8 Å². The van der Waals surface area contributed by atoms with E-state index in [1.165, 1.54) is 5.56 Å². The number of ether oxygens (including phenoxy) is 1. The highest BCUT2D eigenvalue weighted by atomic mass is 32.2. The van der Waals surface area contributed by atoms with Gasteiger partial charge in [-0.05, 0) is 54.3 Å². The Morgan fingerprint density at radius 3 is 2.42 bits per heavy atom. The van der Waals surface area contributed by atoms with Crippen molar-refractivity contribution in [3.05, 3.63) is 101 Å². The summed E-state index contributed by atoms with van der Waals surface area (Å²) in [5, 5.41) is 3.03. The van der Waals surface area contributed by atoms with Gasteiger partial charge in [-0.1, -0.05) is 54.6 Å². The van der Waals surface area contributed by atoms with Gasteiger partial charge in [-0.15, -0.1) is 11.8 Å². The van der Waals surface area contributed by atoms with Crippen molar-refractivity contribution in [2.75, 3.05) is 19.4 Å². The van der Waals surface area contributed by atoms with Crippen LogP contribution in [0.5, 0.6) is 5.75 Å². The Labute approximate surface area is 199 Å². The number of thioether (sulfide) groups is 1. The van der Waals surface area contributed by atoms with Crippen LogP contribution in [0.1, 0.15) is 45.4 Å². The van der Waals surface area contributed by atoms with E-state index >= 15 is 0 Å². The van der Waals surface area contributed by atoms with Gasteiger partial charge in [0, 0.05) is 12.1 Å². The monoisotopic (exact) mass is 460 g/mol. The van der Waals surface area contributed by atoms with E-state index in [1.807, 2.05) is 78.6 Å². The summed E-state index contributed by atoms with van der Waals surface area (Å²) < 4.78 is 5.19. The summed E-state index contributed by atoms with van der Waals surface area (Å²) >= 11 is 1.64. The molecule has 2 atom stereocenters. The molecule has 5 nitrogen and oxygen atoms in total. The lowest BCUT2D eigenvalue weighted by atomic mass is 10.1. The summed E-state index contributed by atoms with van der Waals surface area (Å²) in [5.41, 5.74) is 3.87. The van der Waals surface area contributed by atoms with Crippen molar-refractivity contribution in [1.29, 1.82) is 0 Å². The second-order valence-corrected chi connectivity index (χ2v) is 9.14. The van der Waals surface area contributed by atoms with Gasteiger partial charge in [-0.2, -0.15) is 0 Å². The molecule has 170 valence electrons. The standard InChI is InChI=1S/C27H28N2O3S/c1-19(21-12-14-24(32-2)15-13-21)28-26(31)22-8-10-23(11-9-22)27-29(25(30)18-33-27)17-16-20-6-4-3-5-7-20/h3-15,19,27H,16-18H2,1-2H3,(H,28,31). The minimum Gasteiger partial charge on any atom is -0.497 e. The second-order valence-electron chi connectivity index (χ2n) is 8.08. The van der Waals surface area contributed by atoms with Crippen LogP contribution in [-0.4, -0.2) is 36.1 Å². The highest BCUT2D eigenvalue weighted by Gasteiger charge is 2.32. The maximum atomic E-state index is 12.8.